The molecule has 0 saturated heterocycles. The molecule has 19 heavy (non-hydrogen) atoms. The molecule has 0 spiro atoms. The Hall–Kier alpha value is -1.02. The maximum absolute atomic E-state index is 6.25. The van der Waals surface area contributed by atoms with Crippen molar-refractivity contribution in [3.05, 3.63) is 69.7 Å². The average molecular weight is 294 g/mol. The van der Waals surface area contributed by atoms with Crippen LogP contribution in [0.4, 0.5) is 0 Å². The van der Waals surface area contributed by atoms with Gasteiger partial charge in [0.1, 0.15) is 0 Å². The van der Waals surface area contributed by atoms with E-state index in [9.17, 15) is 0 Å². The van der Waals surface area contributed by atoms with Crippen LogP contribution in [-0.2, 0) is 6.42 Å². The lowest BCUT2D eigenvalue weighted by molar-refractivity contribution is 0.549. The van der Waals surface area contributed by atoms with Gasteiger partial charge in [-0.25, -0.2) is 0 Å². The molecule has 2 rings (SSSR count). The molecule has 1 atom stereocenters. The maximum atomic E-state index is 6.25. The SMILES string of the molecule is CNC(CCc1ccccc1)c1cc(Cl)ccc1Cl. The van der Waals surface area contributed by atoms with Crippen molar-refractivity contribution in [2.45, 2.75) is 18.9 Å². The van der Waals surface area contributed by atoms with E-state index in [1.54, 1.807) is 0 Å². The van der Waals surface area contributed by atoms with Crippen LogP contribution in [0.1, 0.15) is 23.6 Å². The molecule has 0 aliphatic heterocycles. The molecule has 1 unspecified atom stereocenters. The van der Waals surface area contributed by atoms with E-state index in [-0.39, 0.29) is 6.04 Å². The minimum absolute atomic E-state index is 0.214. The molecule has 1 N–H and O–H groups in total. The monoisotopic (exact) mass is 293 g/mol. The fourth-order valence-corrected chi connectivity index (χ4v) is 2.62. The topological polar surface area (TPSA) is 12.0 Å². The number of hydrogen-bond donors (Lipinski definition) is 1. The summed E-state index contributed by atoms with van der Waals surface area (Å²) in [5.74, 6) is 0. The maximum Gasteiger partial charge on any atom is 0.0454 e. The summed E-state index contributed by atoms with van der Waals surface area (Å²) in [7, 11) is 1.95. The second-order valence-corrected chi connectivity index (χ2v) is 5.38. The van der Waals surface area contributed by atoms with E-state index in [1.165, 1.54) is 5.56 Å². The summed E-state index contributed by atoms with van der Waals surface area (Å²) < 4.78 is 0. The van der Waals surface area contributed by atoms with Gasteiger partial charge in [-0.3, -0.25) is 0 Å². The number of rotatable bonds is 5. The van der Waals surface area contributed by atoms with E-state index in [4.69, 9.17) is 23.2 Å². The first kappa shape index (κ1) is 14.4. The van der Waals surface area contributed by atoms with Crippen LogP contribution >= 0.6 is 23.2 Å². The summed E-state index contributed by atoms with van der Waals surface area (Å²) in [6, 6.07) is 16.3. The molecule has 0 heterocycles. The first-order chi connectivity index (χ1) is 9.20. The summed E-state index contributed by atoms with van der Waals surface area (Å²) in [5, 5.41) is 4.80. The third-order valence-corrected chi connectivity index (χ3v) is 3.83. The quantitative estimate of drug-likeness (QED) is 0.828. The summed E-state index contributed by atoms with van der Waals surface area (Å²) in [5.41, 5.74) is 2.40. The molecule has 2 aromatic carbocycles. The fraction of sp³-hybridized carbons (Fsp3) is 0.250. The first-order valence-electron chi connectivity index (χ1n) is 6.37. The van der Waals surface area contributed by atoms with Crippen LogP contribution < -0.4 is 5.32 Å². The second-order valence-electron chi connectivity index (χ2n) is 4.53. The molecular formula is C16H17Cl2N. The van der Waals surface area contributed by atoms with Gasteiger partial charge in [-0.05, 0) is 49.2 Å². The lowest BCUT2D eigenvalue weighted by atomic mass is 9.99. The number of nitrogens with one attached hydrogen (secondary N) is 1. The van der Waals surface area contributed by atoms with Gasteiger partial charge in [0.2, 0.25) is 0 Å². The summed E-state index contributed by atoms with van der Waals surface area (Å²) in [6.45, 7) is 0. The Morgan fingerprint density at radius 2 is 1.79 bits per heavy atom. The van der Waals surface area contributed by atoms with Crippen LogP contribution in [-0.4, -0.2) is 7.05 Å². The normalized spacial score (nSPS) is 12.4. The van der Waals surface area contributed by atoms with Crippen LogP contribution in [0.25, 0.3) is 0 Å². The number of halogens is 2. The number of hydrogen-bond acceptors (Lipinski definition) is 1. The van der Waals surface area contributed by atoms with E-state index in [1.807, 2.05) is 31.3 Å². The van der Waals surface area contributed by atoms with Crippen molar-refractivity contribution in [3.63, 3.8) is 0 Å². The standard InChI is InChI=1S/C16H17Cl2N/c1-19-16(10-7-12-5-3-2-4-6-12)14-11-13(17)8-9-15(14)18/h2-6,8-9,11,16,19H,7,10H2,1H3. The minimum atomic E-state index is 0.214. The van der Waals surface area contributed by atoms with Gasteiger partial charge in [-0.1, -0.05) is 53.5 Å². The summed E-state index contributed by atoms with van der Waals surface area (Å²) in [4.78, 5) is 0. The Labute approximate surface area is 124 Å². The molecular weight excluding hydrogens is 277 g/mol. The molecule has 3 heteroatoms. The van der Waals surface area contributed by atoms with E-state index in [2.05, 4.69) is 29.6 Å². The van der Waals surface area contributed by atoms with Crippen molar-refractivity contribution in [2.75, 3.05) is 7.05 Å². The minimum Gasteiger partial charge on any atom is -0.313 e. The molecule has 0 amide bonds. The molecule has 0 aromatic heterocycles. The van der Waals surface area contributed by atoms with Crippen LogP contribution in [0.15, 0.2) is 48.5 Å². The highest BCUT2D eigenvalue weighted by molar-refractivity contribution is 6.33. The highest BCUT2D eigenvalue weighted by atomic mass is 35.5. The third kappa shape index (κ3) is 3.97. The predicted molar refractivity (Wildman–Crippen MR) is 83.0 cm³/mol. The van der Waals surface area contributed by atoms with Crippen LogP contribution in [0, 0.1) is 0 Å². The fourth-order valence-electron chi connectivity index (χ4n) is 2.19. The largest absolute Gasteiger partial charge is 0.313 e. The van der Waals surface area contributed by atoms with E-state index in [0.717, 1.165) is 28.5 Å². The van der Waals surface area contributed by atoms with Gasteiger partial charge >= 0.3 is 0 Å². The van der Waals surface area contributed by atoms with Crippen molar-refractivity contribution >= 4 is 23.2 Å². The predicted octanol–water partition coefficient (Wildman–Crippen LogP) is 4.89. The molecule has 0 radical (unpaired) electrons. The molecule has 100 valence electrons. The Kier molecular flexibility index (Phi) is 5.26. The third-order valence-electron chi connectivity index (χ3n) is 3.25. The zero-order valence-electron chi connectivity index (χ0n) is 10.9. The molecule has 0 fully saturated rings. The van der Waals surface area contributed by atoms with Crippen LogP contribution in [0.5, 0.6) is 0 Å². The van der Waals surface area contributed by atoms with Gasteiger partial charge in [-0.15, -0.1) is 0 Å². The molecule has 0 bridgehead atoms. The van der Waals surface area contributed by atoms with E-state index >= 15 is 0 Å². The average Bonchev–Trinajstić information content (AvgIpc) is 2.44. The van der Waals surface area contributed by atoms with Crippen LogP contribution in [0.3, 0.4) is 0 Å². The van der Waals surface area contributed by atoms with Crippen LogP contribution in [0.2, 0.25) is 10.0 Å². The van der Waals surface area contributed by atoms with Crippen molar-refractivity contribution in [2.24, 2.45) is 0 Å². The lowest BCUT2D eigenvalue weighted by Gasteiger charge is -2.18. The van der Waals surface area contributed by atoms with Gasteiger partial charge < -0.3 is 5.32 Å². The van der Waals surface area contributed by atoms with Crippen molar-refractivity contribution in [3.8, 4) is 0 Å². The number of aryl methyl sites for hydroxylation is 1. The Morgan fingerprint density at radius 3 is 2.47 bits per heavy atom. The second kappa shape index (κ2) is 6.95. The van der Waals surface area contributed by atoms with Crippen molar-refractivity contribution in [1.29, 1.82) is 0 Å². The Balaban J connectivity index is 2.10. The van der Waals surface area contributed by atoms with Gasteiger partial charge in [0.25, 0.3) is 0 Å². The van der Waals surface area contributed by atoms with Gasteiger partial charge in [0.05, 0.1) is 0 Å². The lowest BCUT2D eigenvalue weighted by Crippen LogP contribution is -2.17. The van der Waals surface area contributed by atoms with E-state index < -0.39 is 0 Å². The highest BCUT2D eigenvalue weighted by Gasteiger charge is 2.13. The summed E-state index contributed by atoms with van der Waals surface area (Å²) in [6.07, 6.45) is 2.00. The summed E-state index contributed by atoms with van der Waals surface area (Å²) >= 11 is 12.3. The Bertz CT molecular complexity index is 526. The van der Waals surface area contributed by atoms with Crippen molar-refractivity contribution < 1.29 is 0 Å². The zero-order valence-corrected chi connectivity index (χ0v) is 12.4. The Morgan fingerprint density at radius 1 is 1.05 bits per heavy atom. The zero-order chi connectivity index (χ0) is 13.7. The molecule has 1 nitrogen and oxygen atoms in total. The first-order valence-corrected chi connectivity index (χ1v) is 7.12. The highest BCUT2D eigenvalue weighted by Crippen LogP contribution is 2.28. The van der Waals surface area contributed by atoms with E-state index in [0.29, 0.717) is 0 Å². The van der Waals surface area contributed by atoms with Gasteiger partial charge in [0.15, 0.2) is 0 Å². The molecule has 0 aliphatic rings. The van der Waals surface area contributed by atoms with Gasteiger partial charge in [-0.2, -0.15) is 0 Å². The molecule has 0 aliphatic carbocycles. The molecule has 2 aromatic rings. The molecule has 0 saturated carbocycles. The number of benzene rings is 2. The van der Waals surface area contributed by atoms with Crippen molar-refractivity contribution in [1.82, 2.24) is 5.32 Å². The van der Waals surface area contributed by atoms with Gasteiger partial charge in [0, 0.05) is 16.1 Å². The smallest absolute Gasteiger partial charge is 0.0454 e.